The zero-order valence-electron chi connectivity index (χ0n) is 21.4. The van der Waals surface area contributed by atoms with Gasteiger partial charge in [0.1, 0.15) is 11.5 Å². The number of nitrogens with one attached hydrogen (secondary N) is 1. The number of halogens is 3. The second-order valence-electron chi connectivity index (χ2n) is 10.8. The first-order chi connectivity index (χ1) is 18.4. The molecule has 4 heterocycles. The number of benzene rings is 3. The molecule has 4 aliphatic heterocycles. The highest BCUT2D eigenvalue weighted by Crippen LogP contribution is 2.52. The van der Waals surface area contributed by atoms with Crippen molar-refractivity contribution in [3.63, 3.8) is 0 Å². The summed E-state index contributed by atoms with van der Waals surface area (Å²) in [5.74, 6) is 1.01. The van der Waals surface area contributed by atoms with Gasteiger partial charge in [-0.3, -0.25) is 4.90 Å². The van der Waals surface area contributed by atoms with Gasteiger partial charge in [-0.2, -0.15) is 0 Å². The molecule has 7 heteroatoms. The summed E-state index contributed by atoms with van der Waals surface area (Å²) in [6.07, 6.45) is 0.0688. The van der Waals surface area contributed by atoms with Gasteiger partial charge in [0.25, 0.3) is 0 Å². The van der Waals surface area contributed by atoms with Gasteiger partial charge in [-0.1, -0.05) is 60.7 Å². The first-order valence-electron chi connectivity index (χ1n) is 13.4. The van der Waals surface area contributed by atoms with Gasteiger partial charge in [-0.25, -0.2) is 0 Å². The summed E-state index contributed by atoms with van der Waals surface area (Å²) in [6.45, 7) is 0.398. The molecular weight excluding hydrogens is 489 g/mol. The van der Waals surface area contributed by atoms with Crippen molar-refractivity contribution >= 4 is 0 Å². The van der Waals surface area contributed by atoms with Crippen LogP contribution in [0.3, 0.4) is 0 Å². The van der Waals surface area contributed by atoms with Crippen molar-refractivity contribution in [3.05, 3.63) is 95.6 Å². The SMILES string of the molecule is COc1ccc(OC(F)(F)F)cc1CNC1C2CC3CCC(C2)N3C1C(c1ccccc1)c1ccccc1. The third-order valence-corrected chi connectivity index (χ3v) is 8.72. The summed E-state index contributed by atoms with van der Waals surface area (Å²) in [7, 11) is 1.54. The molecular formula is C31H33F3N2O2. The molecule has 4 aliphatic rings. The molecule has 4 unspecified atom stereocenters. The molecule has 4 fully saturated rings. The molecule has 200 valence electrons. The molecule has 7 rings (SSSR count). The summed E-state index contributed by atoms with van der Waals surface area (Å²) in [4.78, 5) is 2.78. The van der Waals surface area contributed by atoms with E-state index in [2.05, 4.69) is 75.6 Å². The van der Waals surface area contributed by atoms with Crippen LogP contribution in [0, 0.1) is 5.92 Å². The predicted octanol–water partition coefficient (Wildman–Crippen LogP) is 6.51. The monoisotopic (exact) mass is 522 g/mol. The first kappa shape index (κ1) is 25.3. The Balaban J connectivity index is 1.35. The Bertz CT molecular complexity index is 1180. The maximum atomic E-state index is 12.9. The standard InChI is InChI=1S/C31H33F3N2O2/c1-37-27-15-14-26(38-31(32,33)34)18-23(27)19-35-29-22-16-24-12-13-25(17-22)36(24)30(29)28(20-8-4-2-5-9-20)21-10-6-3-7-11-21/h2-11,14-15,18,22,24-25,28-30,35H,12-13,16-17,19H2,1H3. The Kier molecular flexibility index (Phi) is 6.82. The van der Waals surface area contributed by atoms with Gasteiger partial charge in [-0.05, 0) is 60.9 Å². The fourth-order valence-corrected chi connectivity index (χ4v) is 7.39. The van der Waals surface area contributed by atoms with E-state index in [1.54, 1.807) is 13.2 Å². The van der Waals surface area contributed by atoms with E-state index in [9.17, 15) is 13.2 Å². The highest BCUT2D eigenvalue weighted by Gasteiger charge is 2.56. The van der Waals surface area contributed by atoms with Crippen LogP contribution in [0.2, 0.25) is 0 Å². The Morgan fingerprint density at radius 1 is 0.895 bits per heavy atom. The van der Waals surface area contributed by atoms with Crippen LogP contribution in [0.5, 0.6) is 11.5 Å². The van der Waals surface area contributed by atoms with Crippen LogP contribution in [-0.4, -0.2) is 42.5 Å². The van der Waals surface area contributed by atoms with Crippen LogP contribution < -0.4 is 14.8 Å². The Morgan fingerprint density at radius 3 is 2.05 bits per heavy atom. The zero-order chi connectivity index (χ0) is 26.3. The number of hydrogen-bond donors (Lipinski definition) is 1. The van der Waals surface area contributed by atoms with Crippen molar-refractivity contribution in [2.24, 2.45) is 5.92 Å². The third kappa shape index (κ3) is 4.90. The molecule has 3 aromatic rings. The lowest BCUT2D eigenvalue weighted by atomic mass is 9.68. The number of methoxy groups -OCH3 is 1. The van der Waals surface area contributed by atoms with E-state index in [4.69, 9.17) is 4.74 Å². The number of alkyl halides is 3. The summed E-state index contributed by atoms with van der Waals surface area (Å²) in [6, 6.07) is 27.3. The topological polar surface area (TPSA) is 33.7 Å². The first-order valence-corrected chi connectivity index (χ1v) is 13.4. The lowest BCUT2D eigenvalue weighted by molar-refractivity contribution is -0.274. The van der Waals surface area contributed by atoms with Crippen LogP contribution in [0.1, 0.15) is 48.3 Å². The highest BCUT2D eigenvalue weighted by atomic mass is 19.4. The maximum absolute atomic E-state index is 12.9. The smallest absolute Gasteiger partial charge is 0.496 e. The molecule has 3 aromatic carbocycles. The van der Waals surface area contributed by atoms with Gasteiger partial charge < -0.3 is 14.8 Å². The molecule has 0 radical (unpaired) electrons. The van der Waals surface area contributed by atoms with Crippen LogP contribution >= 0.6 is 0 Å². The number of fused-ring (bicyclic) bond motifs is 1. The molecule has 4 atom stereocenters. The van der Waals surface area contributed by atoms with Gasteiger partial charge >= 0.3 is 6.36 Å². The van der Waals surface area contributed by atoms with Gasteiger partial charge in [0.15, 0.2) is 0 Å². The summed E-state index contributed by atoms with van der Waals surface area (Å²) in [5.41, 5.74) is 3.24. The second-order valence-corrected chi connectivity index (χ2v) is 10.8. The average Bonchev–Trinajstić information content (AvgIpc) is 3.20. The molecule has 0 amide bonds. The van der Waals surface area contributed by atoms with Crippen molar-refractivity contribution in [2.75, 3.05) is 7.11 Å². The van der Waals surface area contributed by atoms with E-state index in [-0.39, 0.29) is 23.8 Å². The van der Waals surface area contributed by atoms with Gasteiger partial charge in [0.2, 0.25) is 0 Å². The third-order valence-electron chi connectivity index (χ3n) is 8.72. The fraction of sp³-hybridized carbons (Fsp3) is 0.419. The maximum Gasteiger partial charge on any atom is 0.573 e. The van der Waals surface area contributed by atoms with Crippen LogP contribution in [-0.2, 0) is 6.54 Å². The minimum Gasteiger partial charge on any atom is -0.496 e. The number of nitrogens with zero attached hydrogens (tertiary/aromatic N) is 1. The van der Waals surface area contributed by atoms with Crippen LogP contribution in [0.15, 0.2) is 78.9 Å². The Labute approximate surface area is 221 Å². The number of piperidine rings is 3. The van der Waals surface area contributed by atoms with Crippen molar-refractivity contribution in [1.82, 2.24) is 10.2 Å². The molecule has 1 N–H and O–H groups in total. The molecule has 0 aromatic heterocycles. The molecule has 0 aliphatic carbocycles. The number of rotatable bonds is 8. The average molecular weight is 523 g/mol. The van der Waals surface area contributed by atoms with E-state index in [1.807, 2.05) is 0 Å². The summed E-state index contributed by atoms with van der Waals surface area (Å²) >= 11 is 0. The molecule has 0 spiro atoms. The van der Waals surface area contributed by atoms with E-state index in [1.165, 1.54) is 36.1 Å². The molecule has 38 heavy (non-hydrogen) atoms. The van der Waals surface area contributed by atoms with Gasteiger partial charge in [-0.15, -0.1) is 13.2 Å². The molecule has 4 saturated heterocycles. The predicted molar refractivity (Wildman–Crippen MR) is 140 cm³/mol. The summed E-state index contributed by atoms with van der Waals surface area (Å²) in [5, 5.41) is 3.81. The normalized spacial score (nSPS) is 28.0. The highest BCUT2D eigenvalue weighted by molar-refractivity contribution is 5.41. The van der Waals surface area contributed by atoms with E-state index in [0.29, 0.717) is 35.9 Å². The van der Waals surface area contributed by atoms with Crippen molar-refractivity contribution < 1.29 is 22.6 Å². The zero-order valence-corrected chi connectivity index (χ0v) is 21.4. The molecule has 0 saturated carbocycles. The number of ether oxygens (including phenoxy) is 2. The van der Waals surface area contributed by atoms with Crippen molar-refractivity contribution in [1.29, 1.82) is 0 Å². The van der Waals surface area contributed by atoms with E-state index in [0.717, 1.165) is 12.8 Å². The van der Waals surface area contributed by atoms with Gasteiger partial charge in [0, 0.05) is 42.2 Å². The number of hydrogen-bond acceptors (Lipinski definition) is 4. The molecule has 4 bridgehead atoms. The van der Waals surface area contributed by atoms with E-state index >= 15 is 0 Å². The van der Waals surface area contributed by atoms with Crippen molar-refractivity contribution in [3.8, 4) is 11.5 Å². The lowest BCUT2D eigenvalue weighted by Crippen LogP contribution is -2.68. The van der Waals surface area contributed by atoms with Crippen LogP contribution in [0.4, 0.5) is 13.2 Å². The van der Waals surface area contributed by atoms with Crippen molar-refractivity contribution in [2.45, 2.75) is 68.7 Å². The van der Waals surface area contributed by atoms with E-state index < -0.39 is 6.36 Å². The molecule has 4 nitrogen and oxygen atoms in total. The fourth-order valence-electron chi connectivity index (χ4n) is 7.39. The minimum absolute atomic E-state index is 0.183. The minimum atomic E-state index is -4.74. The Hall–Kier alpha value is -3.03. The summed E-state index contributed by atoms with van der Waals surface area (Å²) < 4.78 is 48.4. The quantitative estimate of drug-likeness (QED) is 0.366. The Morgan fingerprint density at radius 2 is 1.50 bits per heavy atom. The lowest BCUT2D eigenvalue weighted by Gasteiger charge is -2.58. The largest absolute Gasteiger partial charge is 0.573 e. The van der Waals surface area contributed by atoms with Crippen LogP contribution in [0.25, 0.3) is 0 Å². The van der Waals surface area contributed by atoms with Gasteiger partial charge in [0.05, 0.1) is 7.11 Å². The second kappa shape index (κ2) is 10.3.